The number of fused-ring (bicyclic) bond motifs is 1. The molecule has 3 rings (SSSR count). The lowest BCUT2D eigenvalue weighted by atomic mass is 9.95. The number of hydrogen-bond donors (Lipinski definition) is 0. The Morgan fingerprint density at radius 1 is 0.957 bits per heavy atom. The average molecular weight is 308 g/mol. The molecule has 0 saturated carbocycles. The van der Waals surface area contributed by atoms with E-state index < -0.39 is 0 Å². The fourth-order valence-corrected chi connectivity index (χ4v) is 2.90. The molecule has 1 heterocycles. The van der Waals surface area contributed by atoms with Crippen molar-refractivity contribution in [3.05, 3.63) is 64.0 Å². The highest BCUT2D eigenvalue weighted by molar-refractivity contribution is 5.97. The zero-order valence-corrected chi connectivity index (χ0v) is 13.8. The first kappa shape index (κ1) is 15.3. The molecule has 0 unspecified atom stereocenters. The van der Waals surface area contributed by atoms with Gasteiger partial charge in [0.25, 0.3) is 0 Å². The molecule has 118 valence electrons. The van der Waals surface area contributed by atoms with Crippen molar-refractivity contribution in [2.45, 2.75) is 33.8 Å². The van der Waals surface area contributed by atoms with Crippen LogP contribution in [0.2, 0.25) is 0 Å². The quantitative estimate of drug-likeness (QED) is 0.648. The Labute approximate surface area is 135 Å². The van der Waals surface area contributed by atoms with Crippen molar-refractivity contribution in [2.24, 2.45) is 0 Å². The van der Waals surface area contributed by atoms with E-state index in [0.717, 1.165) is 33.4 Å². The van der Waals surface area contributed by atoms with Crippen LogP contribution in [0.25, 0.3) is 22.1 Å². The van der Waals surface area contributed by atoms with E-state index in [4.69, 9.17) is 9.15 Å². The molecule has 0 atom stereocenters. The van der Waals surface area contributed by atoms with Gasteiger partial charge in [-0.05, 0) is 50.5 Å². The van der Waals surface area contributed by atoms with Gasteiger partial charge in [-0.2, -0.15) is 0 Å². The van der Waals surface area contributed by atoms with Gasteiger partial charge < -0.3 is 9.15 Å². The predicted octanol–water partition coefficient (Wildman–Crippen LogP) is 4.86. The van der Waals surface area contributed by atoms with Crippen LogP contribution in [0.5, 0.6) is 5.75 Å². The van der Waals surface area contributed by atoms with Gasteiger partial charge in [0.2, 0.25) is 0 Å². The predicted molar refractivity (Wildman–Crippen MR) is 93.2 cm³/mol. The van der Waals surface area contributed by atoms with Crippen molar-refractivity contribution < 1.29 is 9.15 Å². The molecule has 0 aliphatic rings. The lowest BCUT2D eigenvalue weighted by molar-refractivity contribution is 0.242. The molecule has 23 heavy (non-hydrogen) atoms. The SMILES string of the molecule is Cc1ccccc1-c1cc(=O)oc2cc(OC(C)C)cc(C)c12. The van der Waals surface area contributed by atoms with Crippen LogP contribution in [-0.4, -0.2) is 6.10 Å². The molecule has 0 saturated heterocycles. The summed E-state index contributed by atoms with van der Waals surface area (Å²) >= 11 is 0. The van der Waals surface area contributed by atoms with Gasteiger partial charge in [-0.1, -0.05) is 24.3 Å². The maximum absolute atomic E-state index is 12.0. The summed E-state index contributed by atoms with van der Waals surface area (Å²) in [6.07, 6.45) is 0.0677. The summed E-state index contributed by atoms with van der Waals surface area (Å²) in [6, 6.07) is 13.4. The first-order valence-corrected chi connectivity index (χ1v) is 7.77. The van der Waals surface area contributed by atoms with Gasteiger partial charge in [0.15, 0.2) is 0 Å². The van der Waals surface area contributed by atoms with Crippen LogP contribution in [0.15, 0.2) is 51.7 Å². The molecule has 0 radical (unpaired) electrons. The Morgan fingerprint density at radius 2 is 1.70 bits per heavy atom. The van der Waals surface area contributed by atoms with E-state index >= 15 is 0 Å². The minimum atomic E-state index is -0.350. The first-order valence-electron chi connectivity index (χ1n) is 7.77. The summed E-state index contributed by atoms with van der Waals surface area (Å²) in [6.45, 7) is 8.00. The molecule has 3 nitrogen and oxygen atoms in total. The van der Waals surface area contributed by atoms with Crippen molar-refractivity contribution >= 4 is 11.0 Å². The smallest absolute Gasteiger partial charge is 0.336 e. The average Bonchev–Trinajstić information content (AvgIpc) is 2.45. The second kappa shape index (κ2) is 5.92. The van der Waals surface area contributed by atoms with E-state index in [2.05, 4.69) is 0 Å². The lowest BCUT2D eigenvalue weighted by Gasteiger charge is -2.14. The van der Waals surface area contributed by atoms with Crippen molar-refractivity contribution in [2.75, 3.05) is 0 Å². The molecular formula is C20H20O3. The van der Waals surface area contributed by atoms with Gasteiger partial charge in [-0.25, -0.2) is 4.79 Å². The standard InChI is InChI=1S/C20H20O3/c1-12(2)22-15-9-14(4)20-17(11-19(21)23-18(20)10-15)16-8-6-5-7-13(16)3/h5-12H,1-4H3. The van der Waals surface area contributed by atoms with Gasteiger partial charge in [-0.3, -0.25) is 0 Å². The summed E-state index contributed by atoms with van der Waals surface area (Å²) in [5, 5.41) is 0.954. The highest BCUT2D eigenvalue weighted by Gasteiger charge is 2.14. The summed E-state index contributed by atoms with van der Waals surface area (Å²) < 4.78 is 11.2. The number of benzene rings is 2. The molecule has 3 heteroatoms. The van der Waals surface area contributed by atoms with Crippen molar-refractivity contribution in [3.8, 4) is 16.9 Å². The van der Waals surface area contributed by atoms with Gasteiger partial charge in [0, 0.05) is 23.1 Å². The zero-order valence-electron chi connectivity index (χ0n) is 13.8. The zero-order chi connectivity index (χ0) is 16.6. The van der Waals surface area contributed by atoms with E-state index in [-0.39, 0.29) is 11.7 Å². The monoisotopic (exact) mass is 308 g/mol. The Bertz CT molecular complexity index is 920. The van der Waals surface area contributed by atoms with E-state index in [1.807, 2.05) is 58.0 Å². The second-order valence-electron chi connectivity index (χ2n) is 6.07. The fraction of sp³-hybridized carbons (Fsp3) is 0.250. The summed E-state index contributed by atoms with van der Waals surface area (Å²) in [5.41, 5.74) is 4.32. The van der Waals surface area contributed by atoms with Crippen molar-refractivity contribution in [1.29, 1.82) is 0 Å². The number of rotatable bonds is 3. The van der Waals surface area contributed by atoms with Crippen LogP contribution < -0.4 is 10.4 Å². The van der Waals surface area contributed by atoms with Crippen LogP contribution in [0.3, 0.4) is 0 Å². The fourth-order valence-electron chi connectivity index (χ4n) is 2.90. The van der Waals surface area contributed by atoms with Crippen LogP contribution in [0.4, 0.5) is 0 Å². The van der Waals surface area contributed by atoms with Crippen LogP contribution in [0.1, 0.15) is 25.0 Å². The number of ether oxygens (including phenoxy) is 1. The molecule has 0 bridgehead atoms. The van der Waals surface area contributed by atoms with Crippen LogP contribution >= 0.6 is 0 Å². The second-order valence-corrected chi connectivity index (χ2v) is 6.07. The molecule has 1 aromatic heterocycles. The van der Waals surface area contributed by atoms with E-state index in [0.29, 0.717) is 5.58 Å². The molecule has 3 aromatic rings. The first-order chi connectivity index (χ1) is 11.0. The lowest BCUT2D eigenvalue weighted by Crippen LogP contribution is -2.06. The van der Waals surface area contributed by atoms with Crippen molar-refractivity contribution in [1.82, 2.24) is 0 Å². The molecule has 0 amide bonds. The molecule has 0 N–H and O–H groups in total. The van der Waals surface area contributed by atoms with Crippen molar-refractivity contribution in [3.63, 3.8) is 0 Å². The number of hydrogen-bond acceptors (Lipinski definition) is 3. The summed E-state index contributed by atoms with van der Waals surface area (Å²) in [7, 11) is 0. The minimum Gasteiger partial charge on any atom is -0.491 e. The van der Waals surface area contributed by atoms with E-state index in [9.17, 15) is 4.79 Å². The Hall–Kier alpha value is -2.55. The maximum Gasteiger partial charge on any atom is 0.336 e. The molecular weight excluding hydrogens is 288 g/mol. The highest BCUT2D eigenvalue weighted by atomic mass is 16.5. The van der Waals surface area contributed by atoms with Gasteiger partial charge in [0.1, 0.15) is 11.3 Å². The van der Waals surface area contributed by atoms with E-state index in [1.54, 1.807) is 12.1 Å². The third-order valence-corrected chi connectivity index (χ3v) is 3.82. The third-order valence-electron chi connectivity index (χ3n) is 3.82. The van der Waals surface area contributed by atoms with Crippen LogP contribution in [0, 0.1) is 13.8 Å². The topological polar surface area (TPSA) is 39.4 Å². The van der Waals surface area contributed by atoms with Gasteiger partial charge in [-0.15, -0.1) is 0 Å². The molecule has 0 fully saturated rings. The summed E-state index contributed by atoms with van der Waals surface area (Å²) in [5.74, 6) is 0.718. The third kappa shape index (κ3) is 3.00. The Balaban J connectivity index is 2.32. The highest BCUT2D eigenvalue weighted by Crippen LogP contribution is 2.34. The minimum absolute atomic E-state index is 0.0677. The summed E-state index contributed by atoms with van der Waals surface area (Å²) in [4.78, 5) is 12.0. The van der Waals surface area contributed by atoms with Crippen LogP contribution in [-0.2, 0) is 0 Å². The Morgan fingerprint density at radius 3 is 2.39 bits per heavy atom. The largest absolute Gasteiger partial charge is 0.491 e. The molecule has 0 aliphatic carbocycles. The molecule has 0 aliphatic heterocycles. The molecule has 0 spiro atoms. The van der Waals surface area contributed by atoms with Gasteiger partial charge in [0.05, 0.1) is 6.10 Å². The Kier molecular flexibility index (Phi) is 3.95. The van der Waals surface area contributed by atoms with Gasteiger partial charge >= 0.3 is 5.63 Å². The normalized spacial score (nSPS) is 11.2. The van der Waals surface area contributed by atoms with E-state index in [1.165, 1.54) is 0 Å². The molecule has 2 aromatic carbocycles. The number of aryl methyl sites for hydroxylation is 2. The maximum atomic E-state index is 12.0.